The van der Waals surface area contributed by atoms with Gasteiger partial charge in [0, 0.05) is 24.7 Å². The van der Waals surface area contributed by atoms with Crippen LogP contribution in [-0.4, -0.2) is 43.5 Å². The third-order valence-corrected chi connectivity index (χ3v) is 12.3. The molecule has 2 rings (SSSR count). The summed E-state index contributed by atoms with van der Waals surface area (Å²) in [6, 6.07) is 10.4. The van der Waals surface area contributed by atoms with Crippen LogP contribution in [0, 0.1) is 11.8 Å². The van der Waals surface area contributed by atoms with Crippen LogP contribution in [0.25, 0.3) is 0 Å². The van der Waals surface area contributed by atoms with Gasteiger partial charge in [-0.25, -0.2) is 0 Å². The maximum Gasteiger partial charge on any atom is 0.306 e. The zero-order valence-electron chi connectivity index (χ0n) is 24.6. The number of ether oxygens (including phenoxy) is 1. The van der Waals surface area contributed by atoms with E-state index in [0.717, 1.165) is 25.7 Å². The van der Waals surface area contributed by atoms with Crippen molar-refractivity contribution in [3.05, 3.63) is 60.2 Å². The van der Waals surface area contributed by atoms with Crippen molar-refractivity contribution in [2.45, 2.75) is 116 Å². The largest absolute Gasteiger partial charge is 0.463 e. The van der Waals surface area contributed by atoms with Crippen molar-refractivity contribution >= 4 is 20.1 Å². The van der Waals surface area contributed by atoms with Crippen LogP contribution in [0.1, 0.15) is 78.7 Å². The van der Waals surface area contributed by atoms with Gasteiger partial charge in [-0.1, -0.05) is 75.4 Å². The number of aryl methyl sites for hydroxylation is 1. The molecule has 4 atom stereocenters. The molecule has 0 bridgehead atoms. The van der Waals surface area contributed by atoms with Crippen LogP contribution < -0.4 is 0 Å². The molecule has 0 spiro atoms. The van der Waals surface area contributed by atoms with Gasteiger partial charge in [0.1, 0.15) is 5.78 Å². The molecule has 38 heavy (non-hydrogen) atoms. The van der Waals surface area contributed by atoms with Crippen molar-refractivity contribution in [3.8, 4) is 0 Å². The van der Waals surface area contributed by atoms with E-state index < -0.39 is 14.4 Å². The van der Waals surface area contributed by atoms with Gasteiger partial charge in [0.2, 0.25) is 0 Å². The van der Waals surface area contributed by atoms with Gasteiger partial charge in [-0.15, -0.1) is 0 Å². The molecule has 1 aromatic carbocycles. The average molecular weight is 543 g/mol. The van der Waals surface area contributed by atoms with Gasteiger partial charge in [-0.05, 0) is 69.6 Å². The van der Waals surface area contributed by atoms with Crippen molar-refractivity contribution < 1.29 is 23.9 Å². The van der Waals surface area contributed by atoms with Crippen molar-refractivity contribution in [1.29, 1.82) is 0 Å². The first kappa shape index (κ1) is 32.2. The molecule has 1 fully saturated rings. The highest BCUT2D eigenvalue weighted by Gasteiger charge is 2.41. The summed E-state index contributed by atoms with van der Waals surface area (Å²) in [5, 5.41) is 10.8. The number of benzene rings is 1. The van der Waals surface area contributed by atoms with E-state index in [9.17, 15) is 14.7 Å². The Balaban J connectivity index is 2.03. The Morgan fingerprint density at radius 3 is 2.47 bits per heavy atom. The predicted molar refractivity (Wildman–Crippen MR) is 157 cm³/mol. The fourth-order valence-electron chi connectivity index (χ4n) is 4.53. The predicted octanol–water partition coefficient (Wildman–Crippen LogP) is 7.20. The number of carbonyl (C=O) groups excluding carboxylic acids is 2. The molecule has 1 saturated carbocycles. The van der Waals surface area contributed by atoms with E-state index in [-0.39, 0.29) is 47.3 Å². The fraction of sp³-hybridized carbons (Fsp3) is 0.625. The van der Waals surface area contributed by atoms with Gasteiger partial charge >= 0.3 is 5.97 Å². The SMILES string of the molecule is CC(C)OC(=O)CCC/C=C\C[C@H]1C(=O)C[C@@H](O)[C@@H]1/C=C/[C@H](CCc1ccccc1)O[Si](C)(C)C(C)(C)C. The van der Waals surface area contributed by atoms with Crippen molar-refractivity contribution in [2.75, 3.05) is 0 Å². The topological polar surface area (TPSA) is 72.8 Å². The van der Waals surface area contributed by atoms with Crippen LogP contribution >= 0.6 is 0 Å². The van der Waals surface area contributed by atoms with Gasteiger partial charge in [0.05, 0.1) is 18.3 Å². The molecule has 0 unspecified atom stereocenters. The molecule has 5 nitrogen and oxygen atoms in total. The molecule has 1 aliphatic rings. The summed E-state index contributed by atoms with van der Waals surface area (Å²) < 4.78 is 11.9. The molecule has 1 N–H and O–H groups in total. The Hall–Kier alpha value is -2.02. The highest BCUT2D eigenvalue weighted by Crippen LogP contribution is 2.38. The van der Waals surface area contributed by atoms with Crippen LogP contribution in [0.15, 0.2) is 54.6 Å². The summed E-state index contributed by atoms with van der Waals surface area (Å²) in [5.74, 6) is -0.501. The van der Waals surface area contributed by atoms with E-state index in [4.69, 9.17) is 9.16 Å². The lowest BCUT2D eigenvalue weighted by atomic mass is 9.90. The Labute approximate surface area is 231 Å². The molecule has 212 valence electrons. The highest BCUT2D eigenvalue weighted by atomic mass is 28.4. The lowest BCUT2D eigenvalue weighted by Gasteiger charge is -2.39. The number of carbonyl (C=O) groups is 2. The minimum absolute atomic E-state index is 0.0687. The lowest BCUT2D eigenvalue weighted by molar-refractivity contribution is -0.147. The Morgan fingerprint density at radius 2 is 1.84 bits per heavy atom. The van der Waals surface area contributed by atoms with Gasteiger partial charge in [0.25, 0.3) is 0 Å². The summed E-state index contributed by atoms with van der Waals surface area (Å²) in [7, 11) is -2.01. The molecule has 1 aliphatic carbocycles. The average Bonchev–Trinajstić information content (AvgIpc) is 3.09. The van der Waals surface area contributed by atoms with E-state index in [1.165, 1.54) is 5.56 Å². The maximum atomic E-state index is 12.7. The molecule has 6 heteroatoms. The Morgan fingerprint density at radius 1 is 1.16 bits per heavy atom. The minimum atomic E-state index is -2.01. The number of aliphatic hydroxyl groups excluding tert-OH is 1. The molecule has 0 amide bonds. The van der Waals surface area contributed by atoms with E-state index in [0.29, 0.717) is 12.8 Å². The number of hydrogen-bond acceptors (Lipinski definition) is 5. The molecular formula is C32H50O5Si. The molecular weight excluding hydrogens is 492 g/mol. The summed E-state index contributed by atoms with van der Waals surface area (Å²) in [4.78, 5) is 24.4. The molecule has 0 aliphatic heterocycles. The second-order valence-corrected chi connectivity index (χ2v) is 17.1. The van der Waals surface area contributed by atoms with Crippen molar-refractivity contribution in [2.24, 2.45) is 11.8 Å². The number of unbranched alkanes of at least 4 members (excludes halogenated alkanes) is 1. The zero-order chi connectivity index (χ0) is 28.3. The second-order valence-electron chi connectivity index (χ2n) is 12.4. The third kappa shape index (κ3) is 10.6. The number of aliphatic hydroxyl groups is 1. The van der Waals surface area contributed by atoms with E-state index >= 15 is 0 Å². The van der Waals surface area contributed by atoms with Crippen LogP contribution in [0.2, 0.25) is 18.1 Å². The lowest BCUT2D eigenvalue weighted by Crippen LogP contribution is -2.43. The molecule has 0 heterocycles. The first-order chi connectivity index (χ1) is 17.8. The zero-order valence-corrected chi connectivity index (χ0v) is 25.6. The standard InChI is InChI=1S/C32H50O5Si/c1-24(2)36-31(35)18-14-9-8-13-17-27-28(30(34)23-29(27)33)22-21-26(37-38(6,7)32(3,4)5)20-19-25-15-11-10-12-16-25/h8,10-13,15-16,21-22,24,26-28,30,34H,9,14,17-20,23H2,1-7H3/b13-8-,22-21+/t26-,27+,28+,30+/m0/s1. The van der Waals surface area contributed by atoms with E-state index in [1.807, 2.05) is 38.1 Å². The van der Waals surface area contributed by atoms with Gasteiger partial charge in [-0.3, -0.25) is 9.59 Å². The van der Waals surface area contributed by atoms with Crippen LogP contribution in [0.5, 0.6) is 0 Å². The molecule has 0 saturated heterocycles. The van der Waals surface area contributed by atoms with Gasteiger partial charge in [0.15, 0.2) is 8.32 Å². The number of allylic oxidation sites excluding steroid dienone is 2. The Bertz CT molecular complexity index is 929. The van der Waals surface area contributed by atoms with E-state index in [2.05, 4.69) is 64.2 Å². The summed E-state index contributed by atoms with van der Waals surface area (Å²) in [5.41, 5.74) is 1.28. The quantitative estimate of drug-likeness (QED) is 0.116. The van der Waals surface area contributed by atoms with Gasteiger partial charge in [-0.2, -0.15) is 0 Å². The first-order valence-corrected chi connectivity index (χ1v) is 17.2. The van der Waals surface area contributed by atoms with Crippen molar-refractivity contribution in [1.82, 2.24) is 0 Å². The smallest absolute Gasteiger partial charge is 0.306 e. The summed E-state index contributed by atoms with van der Waals surface area (Å²) in [6.07, 6.45) is 11.8. The fourth-order valence-corrected chi connectivity index (χ4v) is 5.84. The normalized spacial score (nSPS) is 21.6. The number of Topliss-reactive ketones (excluding diaryl/α,β-unsaturated/α-hetero) is 1. The third-order valence-electron chi connectivity index (χ3n) is 7.77. The van der Waals surface area contributed by atoms with Gasteiger partial charge < -0.3 is 14.3 Å². The van der Waals surface area contributed by atoms with Crippen LogP contribution in [-0.2, 0) is 25.2 Å². The first-order valence-electron chi connectivity index (χ1n) is 14.3. The molecule has 1 aromatic rings. The summed E-state index contributed by atoms with van der Waals surface area (Å²) >= 11 is 0. The highest BCUT2D eigenvalue weighted by molar-refractivity contribution is 6.74. The van der Waals surface area contributed by atoms with E-state index in [1.54, 1.807) is 0 Å². The van der Waals surface area contributed by atoms with Crippen molar-refractivity contribution in [3.63, 3.8) is 0 Å². The molecule has 0 aromatic heterocycles. The monoisotopic (exact) mass is 542 g/mol. The minimum Gasteiger partial charge on any atom is -0.463 e. The molecule has 0 radical (unpaired) electrons. The number of hydrogen-bond donors (Lipinski definition) is 1. The number of esters is 1. The number of rotatable bonds is 14. The van der Waals surface area contributed by atoms with Crippen LogP contribution in [0.4, 0.5) is 0 Å². The number of ketones is 1. The maximum absolute atomic E-state index is 12.7. The van der Waals surface area contributed by atoms with Crippen LogP contribution in [0.3, 0.4) is 0 Å². The second kappa shape index (κ2) is 14.9. The summed E-state index contributed by atoms with van der Waals surface area (Å²) in [6.45, 7) is 15.0. The Kier molecular flexibility index (Phi) is 12.7.